The Morgan fingerprint density at radius 3 is 2.90 bits per heavy atom. The number of amides is 1. The maximum absolute atomic E-state index is 12.1. The number of aliphatic imine (C=N–C) groups is 1. The second-order valence-corrected chi connectivity index (χ2v) is 6.77. The van der Waals surface area contributed by atoms with E-state index >= 15 is 0 Å². The van der Waals surface area contributed by atoms with E-state index < -0.39 is 0 Å². The monoisotopic (exact) mass is 301 g/mol. The number of hydrogen-bond donors (Lipinski definition) is 1. The number of carbonyl (C=O) groups is 1. The van der Waals surface area contributed by atoms with Gasteiger partial charge in [-0.2, -0.15) is 0 Å². The van der Waals surface area contributed by atoms with E-state index in [0.29, 0.717) is 6.04 Å². The highest BCUT2D eigenvalue weighted by atomic mass is 32.2. The van der Waals surface area contributed by atoms with Gasteiger partial charge in [-0.3, -0.25) is 4.79 Å². The van der Waals surface area contributed by atoms with Crippen molar-refractivity contribution in [1.29, 1.82) is 0 Å². The lowest BCUT2D eigenvalue weighted by atomic mass is 10.1. The molecule has 1 fully saturated rings. The molecule has 0 unspecified atom stereocenters. The highest BCUT2D eigenvalue weighted by molar-refractivity contribution is 8.14. The Labute approximate surface area is 129 Å². The predicted molar refractivity (Wildman–Crippen MR) is 88.6 cm³/mol. The predicted octanol–water partition coefficient (Wildman–Crippen LogP) is 2.99. The number of benzene rings is 1. The van der Waals surface area contributed by atoms with Gasteiger partial charge in [-0.1, -0.05) is 36.5 Å². The Hall–Kier alpha value is -1.75. The summed E-state index contributed by atoms with van der Waals surface area (Å²) in [6.07, 6.45) is 2.21. The maximum atomic E-state index is 12.1. The Bertz CT molecular complexity index is 622. The van der Waals surface area contributed by atoms with Gasteiger partial charge in [0.05, 0.1) is 10.9 Å². The number of hydrogen-bond acceptors (Lipinski definition) is 4. The van der Waals surface area contributed by atoms with E-state index in [9.17, 15) is 4.79 Å². The topological polar surface area (TPSA) is 44.7 Å². The van der Waals surface area contributed by atoms with Gasteiger partial charge in [-0.25, -0.2) is 4.99 Å². The summed E-state index contributed by atoms with van der Waals surface area (Å²) in [4.78, 5) is 18.7. The number of rotatable bonds is 3. The maximum Gasteiger partial charge on any atom is 0.233 e. The average Bonchev–Trinajstić information content (AvgIpc) is 3.28. The Kier molecular flexibility index (Phi) is 3.76. The van der Waals surface area contributed by atoms with Crippen molar-refractivity contribution < 1.29 is 4.79 Å². The van der Waals surface area contributed by atoms with Gasteiger partial charge in [0.25, 0.3) is 0 Å². The molecule has 1 heterocycles. The quantitative estimate of drug-likeness (QED) is 0.933. The molecule has 0 spiro atoms. The minimum atomic E-state index is -0.162. The van der Waals surface area contributed by atoms with Crippen LogP contribution in [0.25, 0.3) is 5.70 Å². The van der Waals surface area contributed by atoms with E-state index in [2.05, 4.69) is 16.9 Å². The van der Waals surface area contributed by atoms with Crippen LogP contribution < -0.4 is 5.32 Å². The summed E-state index contributed by atoms with van der Waals surface area (Å²) >= 11 is 1.48. The molecule has 2 aliphatic rings. The molecule has 1 aromatic carbocycles. The molecule has 1 saturated carbocycles. The fraction of sp³-hybridized carbons (Fsp3) is 0.375. The van der Waals surface area contributed by atoms with Gasteiger partial charge in [0.1, 0.15) is 0 Å². The highest BCUT2D eigenvalue weighted by Gasteiger charge is 2.28. The lowest BCUT2D eigenvalue weighted by Gasteiger charge is -2.29. The van der Waals surface area contributed by atoms with Crippen LogP contribution in [0, 0.1) is 0 Å². The van der Waals surface area contributed by atoms with Crippen LogP contribution in [0.2, 0.25) is 0 Å². The number of nitrogens with zero attached hydrogens (tertiary/aromatic N) is 2. The van der Waals surface area contributed by atoms with E-state index in [1.807, 2.05) is 43.1 Å². The van der Waals surface area contributed by atoms with Crippen molar-refractivity contribution in [3.63, 3.8) is 0 Å². The fourth-order valence-corrected chi connectivity index (χ4v) is 3.06. The minimum Gasteiger partial charge on any atom is -0.352 e. The van der Waals surface area contributed by atoms with Gasteiger partial charge < -0.3 is 10.2 Å². The zero-order valence-electron chi connectivity index (χ0n) is 12.3. The molecule has 1 amide bonds. The van der Waals surface area contributed by atoms with Crippen LogP contribution in [0.3, 0.4) is 0 Å². The van der Waals surface area contributed by atoms with Crippen molar-refractivity contribution >= 4 is 34.2 Å². The van der Waals surface area contributed by atoms with Gasteiger partial charge in [0.2, 0.25) is 5.91 Å². The lowest BCUT2D eigenvalue weighted by Crippen LogP contribution is -2.35. The van der Waals surface area contributed by atoms with Crippen LogP contribution in [0.1, 0.15) is 25.3 Å². The molecular weight excluding hydrogens is 282 g/mol. The molecule has 110 valence electrons. The van der Waals surface area contributed by atoms with Crippen molar-refractivity contribution in [2.75, 3.05) is 7.05 Å². The third kappa shape index (κ3) is 2.97. The van der Waals surface area contributed by atoms with Gasteiger partial charge in [0, 0.05) is 24.4 Å². The summed E-state index contributed by atoms with van der Waals surface area (Å²) in [5.74, 6) is 0.0862. The van der Waals surface area contributed by atoms with Gasteiger partial charge >= 0.3 is 0 Å². The highest BCUT2D eigenvalue weighted by Crippen LogP contribution is 2.35. The minimum absolute atomic E-state index is 0.0862. The van der Waals surface area contributed by atoms with E-state index in [-0.39, 0.29) is 11.2 Å². The SMILES string of the molecule is C=C1c2ccccc2N=C(S[C@@H](C)C(=O)NC2CC2)N1C. The van der Waals surface area contributed by atoms with E-state index in [1.165, 1.54) is 11.8 Å². The molecule has 3 rings (SSSR count). The molecule has 1 atom stereocenters. The standard InChI is InChI=1S/C16H19N3OS/c1-10-13-6-4-5-7-14(13)18-16(19(10)3)21-11(2)15(20)17-12-8-9-12/h4-7,11-12H,1,8-9H2,2-3H3,(H,17,20)/t11-/m0/s1. The van der Waals surface area contributed by atoms with Crippen molar-refractivity contribution in [2.24, 2.45) is 4.99 Å². The third-order valence-corrected chi connectivity index (χ3v) is 4.84. The number of fused-ring (bicyclic) bond motifs is 1. The number of amidine groups is 1. The smallest absolute Gasteiger partial charge is 0.233 e. The number of nitrogens with one attached hydrogen (secondary N) is 1. The van der Waals surface area contributed by atoms with Gasteiger partial charge in [-0.05, 0) is 25.8 Å². The normalized spacial score (nSPS) is 18.9. The molecule has 0 saturated heterocycles. The average molecular weight is 301 g/mol. The summed E-state index contributed by atoms with van der Waals surface area (Å²) < 4.78 is 0. The van der Waals surface area contributed by atoms with Crippen LogP contribution in [0.15, 0.2) is 35.8 Å². The fourth-order valence-electron chi connectivity index (χ4n) is 2.15. The zero-order valence-corrected chi connectivity index (χ0v) is 13.1. The first-order valence-electron chi connectivity index (χ1n) is 7.14. The first-order valence-corrected chi connectivity index (χ1v) is 8.02. The number of thioether (sulfide) groups is 1. The Balaban J connectivity index is 1.76. The molecule has 1 aliphatic heterocycles. The van der Waals surface area contributed by atoms with Crippen molar-refractivity contribution in [2.45, 2.75) is 31.1 Å². The van der Waals surface area contributed by atoms with E-state index in [4.69, 9.17) is 0 Å². The molecule has 5 heteroatoms. The largest absolute Gasteiger partial charge is 0.352 e. The van der Waals surface area contributed by atoms with Crippen LogP contribution in [-0.2, 0) is 4.79 Å². The molecule has 0 radical (unpaired) electrons. The lowest BCUT2D eigenvalue weighted by molar-refractivity contribution is -0.120. The third-order valence-electron chi connectivity index (χ3n) is 3.70. The molecule has 4 nitrogen and oxygen atoms in total. The molecular formula is C16H19N3OS. The molecule has 1 aromatic rings. The summed E-state index contributed by atoms with van der Waals surface area (Å²) in [6.45, 7) is 6.05. The summed E-state index contributed by atoms with van der Waals surface area (Å²) in [6, 6.07) is 8.33. The van der Waals surface area contributed by atoms with E-state index in [0.717, 1.165) is 35.0 Å². The summed E-state index contributed by atoms with van der Waals surface area (Å²) in [7, 11) is 1.94. The van der Waals surface area contributed by atoms with E-state index in [1.54, 1.807) is 0 Å². The molecule has 0 aromatic heterocycles. The number of carbonyl (C=O) groups excluding carboxylic acids is 1. The molecule has 1 aliphatic carbocycles. The molecule has 21 heavy (non-hydrogen) atoms. The summed E-state index contributed by atoms with van der Waals surface area (Å²) in [5, 5.41) is 3.69. The van der Waals surface area contributed by atoms with Gasteiger partial charge in [0.15, 0.2) is 5.17 Å². The van der Waals surface area contributed by atoms with Crippen molar-refractivity contribution in [3.05, 3.63) is 36.4 Å². The first kappa shape index (κ1) is 14.2. The Morgan fingerprint density at radius 2 is 2.19 bits per heavy atom. The van der Waals surface area contributed by atoms with Crippen LogP contribution in [0.5, 0.6) is 0 Å². The first-order chi connectivity index (χ1) is 10.1. The van der Waals surface area contributed by atoms with Crippen molar-refractivity contribution in [1.82, 2.24) is 10.2 Å². The summed E-state index contributed by atoms with van der Waals surface area (Å²) in [5.41, 5.74) is 2.87. The zero-order chi connectivity index (χ0) is 15.0. The van der Waals surface area contributed by atoms with Crippen LogP contribution >= 0.6 is 11.8 Å². The van der Waals surface area contributed by atoms with Crippen molar-refractivity contribution in [3.8, 4) is 0 Å². The molecule has 1 N–H and O–H groups in total. The number of para-hydroxylation sites is 1. The Morgan fingerprint density at radius 1 is 1.48 bits per heavy atom. The van der Waals surface area contributed by atoms with Gasteiger partial charge in [-0.15, -0.1) is 0 Å². The second kappa shape index (κ2) is 5.56. The molecule has 0 bridgehead atoms. The van der Waals surface area contributed by atoms with Crippen LogP contribution in [0.4, 0.5) is 5.69 Å². The van der Waals surface area contributed by atoms with Crippen LogP contribution in [-0.4, -0.2) is 34.3 Å². The second-order valence-electron chi connectivity index (χ2n) is 5.46.